The Hall–Kier alpha value is -1.12. The monoisotopic (exact) mass is 212 g/mol. The maximum absolute atomic E-state index is 11.6. The van der Waals surface area contributed by atoms with Gasteiger partial charge in [-0.1, -0.05) is 0 Å². The van der Waals surface area contributed by atoms with Crippen molar-refractivity contribution in [2.45, 2.75) is 25.4 Å². The standard InChI is InChI=1S/C10H16N2O3/c1-15-6-8(13)5-12-9(14)10(7-11)3-2-4-10/h8,13H,2-6H2,1H3,(H,12,14). The lowest BCUT2D eigenvalue weighted by Crippen LogP contribution is -2.47. The highest BCUT2D eigenvalue weighted by Crippen LogP contribution is 2.40. The summed E-state index contributed by atoms with van der Waals surface area (Å²) in [4.78, 5) is 11.6. The van der Waals surface area contributed by atoms with Crippen LogP contribution in [0.3, 0.4) is 0 Å². The molecule has 0 radical (unpaired) electrons. The average Bonchev–Trinajstić information content (AvgIpc) is 2.14. The molecule has 0 spiro atoms. The molecule has 1 saturated carbocycles. The quantitative estimate of drug-likeness (QED) is 0.661. The summed E-state index contributed by atoms with van der Waals surface area (Å²) in [5, 5.41) is 20.8. The van der Waals surface area contributed by atoms with E-state index in [2.05, 4.69) is 5.32 Å². The number of hydrogen-bond donors (Lipinski definition) is 2. The van der Waals surface area contributed by atoms with E-state index in [1.807, 2.05) is 6.07 Å². The highest BCUT2D eigenvalue weighted by molar-refractivity contribution is 5.86. The van der Waals surface area contributed by atoms with Gasteiger partial charge in [-0.05, 0) is 19.3 Å². The van der Waals surface area contributed by atoms with E-state index in [1.165, 1.54) is 7.11 Å². The molecule has 1 fully saturated rings. The van der Waals surface area contributed by atoms with Gasteiger partial charge < -0.3 is 15.2 Å². The van der Waals surface area contributed by atoms with Gasteiger partial charge in [0.25, 0.3) is 0 Å². The molecule has 5 heteroatoms. The van der Waals surface area contributed by atoms with Crippen LogP contribution in [-0.4, -0.2) is 37.4 Å². The molecular weight excluding hydrogens is 196 g/mol. The maximum atomic E-state index is 11.6. The van der Waals surface area contributed by atoms with E-state index in [-0.39, 0.29) is 19.1 Å². The van der Waals surface area contributed by atoms with Crippen molar-refractivity contribution in [2.24, 2.45) is 5.41 Å². The third-order valence-corrected chi connectivity index (χ3v) is 2.71. The van der Waals surface area contributed by atoms with Crippen LogP contribution in [0.1, 0.15) is 19.3 Å². The Labute approximate surface area is 89.0 Å². The first-order valence-electron chi connectivity index (χ1n) is 5.01. The highest BCUT2D eigenvalue weighted by Gasteiger charge is 2.44. The summed E-state index contributed by atoms with van der Waals surface area (Å²) < 4.78 is 4.72. The molecule has 0 aromatic heterocycles. The van der Waals surface area contributed by atoms with Crippen LogP contribution in [0.15, 0.2) is 0 Å². The van der Waals surface area contributed by atoms with Crippen molar-refractivity contribution in [3.8, 4) is 6.07 Å². The van der Waals surface area contributed by atoms with Gasteiger partial charge in [-0.15, -0.1) is 0 Å². The second-order valence-electron chi connectivity index (χ2n) is 3.87. The second-order valence-corrected chi connectivity index (χ2v) is 3.87. The molecule has 0 aliphatic heterocycles. The van der Waals surface area contributed by atoms with Crippen LogP contribution in [0, 0.1) is 16.7 Å². The van der Waals surface area contributed by atoms with Gasteiger partial charge in [0.1, 0.15) is 5.41 Å². The molecule has 0 heterocycles. The van der Waals surface area contributed by atoms with E-state index in [4.69, 9.17) is 10.00 Å². The van der Waals surface area contributed by atoms with Gasteiger partial charge in [0.2, 0.25) is 5.91 Å². The largest absolute Gasteiger partial charge is 0.389 e. The molecule has 5 nitrogen and oxygen atoms in total. The Kier molecular flexibility index (Phi) is 4.06. The van der Waals surface area contributed by atoms with Crippen molar-refractivity contribution in [2.75, 3.05) is 20.3 Å². The third-order valence-electron chi connectivity index (χ3n) is 2.71. The summed E-state index contributed by atoms with van der Waals surface area (Å²) in [7, 11) is 1.48. The molecule has 1 aliphatic carbocycles. The third kappa shape index (κ3) is 2.67. The van der Waals surface area contributed by atoms with Crippen LogP contribution < -0.4 is 5.32 Å². The number of amides is 1. The van der Waals surface area contributed by atoms with E-state index < -0.39 is 11.5 Å². The second kappa shape index (κ2) is 5.10. The van der Waals surface area contributed by atoms with Crippen molar-refractivity contribution in [1.82, 2.24) is 5.32 Å². The number of methoxy groups -OCH3 is 1. The first kappa shape index (κ1) is 12.0. The van der Waals surface area contributed by atoms with E-state index in [1.54, 1.807) is 0 Å². The molecule has 1 unspecified atom stereocenters. The maximum Gasteiger partial charge on any atom is 0.240 e. The summed E-state index contributed by atoms with van der Waals surface area (Å²) in [5.74, 6) is -0.272. The number of aliphatic hydroxyl groups is 1. The fourth-order valence-corrected chi connectivity index (χ4v) is 1.55. The Bertz CT molecular complexity index is 268. The molecule has 0 aromatic rings. The molecule has 1 rings (SSSR count). The minimum Gasteiger partial charge on any atom is -0.389 e. The van der Waals surface area contributed by atoms with Crippen molar-refractivity contribution in [3.63, 3.8) is 0 Å². The molecule has 1 atom stereocenters. The predicted octanol–water partition coefficient (Wildman–Crippen LogP) is -0.196. The van der Waals surface area contributed by atoms with Gasteiger partial charge >= 0.3 is 0 Å². The summed E-state index contributed by atoms with van der Waals surface area (Å²) in [5.41, 5.74) is -0.840. The summed E-state index contributed by atoms with van der Waals surface area (Å²) in [6, 6.07) is 2.05. The molecule has 0 bridgehead atoms. The van der Waals surface area contributed by atoms with Gasteiger partial charge in [-0.2, -0.15) is 5.26 Å². The summed E-state index contributed by atoms with van der Waals surface area (Å²) in [6.07, 6.45) is 1.45. The number of ether oxygens (including phenoxy) is 1. The smallest absolute Gasteiger partial charge is 0.240 e. The molecule has 1 amide bonds. The molecule has 84 valence electrons. The normalized spacial score (nSPS) is 19.8. The lowest BCUT2D eigenvalue weighted by atomic mass is 9.69. The molecule has 1 aliphatic rings. The van der Waals surface area contributed by atoms with Crippen LogP contribution in [0.4, 0.5) is 0 Å². The summed E-state index contributed by atoms with van der Waals surface area (Å²) in [6.45, 7) is 0.315. The number of nitrogens with one attached hydrogen (secondary N) is 1. The Morgan fingerprint density at radius 1 is 1.73 bits per heavy atom. The topological polar surface area (TPSA) is 82.3 Å². The van der Waals surface area contributed by atoms with Crippen molar-refractivity contribution >= 4 is 5.91 Å². The molecule has 15 heavy (non-hydrogen) atoms. The predicted molar refractivity (Wildman–Crippen MR) is 52.8 cm³/mol. The Morgan fingerprint density at radius 3 is 2.80 bits per heavy atom. The average molecular weight is 212 g/mol. The Balaban J connectivity index is 2.33. The molecular formula is C10H16N2O3. The lowest BCUT2D eigenvalue weighted by Gasteiger charge is -2.33. The van der Waals surface area contributed by atoms with Gasteiger partial charge in [0.05, 0.1) is 18.8 Å². The number of carbonyl (C=O) groups is 1. The zero-order valence-electron chi connectivity index (χ0n) is 8.82. The first-order chi connectivity index (χ1) is 7.14. The molecule has 2 N–H and O–H groups in total. The SMILES string of the molecule is COCC(O)CNC(=O)C1(C#N)CCC1. The fourth-order valence-electron chi connectivity index (χ4n) is 1.55. The Morgan fingerprint density at radius 2 is 2.40 bits per heavy atom. The van der Waals surface area contributed by atoms with Crippen molar-refractivity contribution in [3.05, 3.63) is 0 Å². The van der Waals surface area contributed by atoms with Crippen LogP contribution in [0.5, 0.6) is 0 Å². The molecule has 0 aromatic carbocycles. The van der Waals surface area contributed by atoms with Crippen LogP contribution >= 0.6 is 0 Å². The van der Waals surface area contributed by atoms with E-state index >= 15 is 0 Å². The van der Waals surface area contributed by atoms with E-state index in [0.29, 0.717) is 12.8 Å². The van der Waals surface area contributed by atoms with E-state index in [0.717, 1.165) is 6.42 Å². The van der Waals surface area contributed by atoms with Gasteiger partial charge in [-0.25, -0.2) is 0 Å². The number of aliphatic hydroxyl groups excluding tert-OH is 1. The van der Waals surface area contributed by atoms with Crippen LogP contribution in [-0.2, 0) is 9.53 Å². The van der Waals surface area contributed by atoms with Gasteiger partial charge in [0.15, 0.2) is 0 Å². The molecule has 0 saturated heterocycles. The zero-order valence-corrected chi connectivity index (χ0v) is 8.82. The van der Waals surface area contributed by atoms with Gasteiger partial charge in [-0.3, -0.25) is 4.79 Å². The van der Waals surface area contributed by atoms with Crippen LogP contribution in [0.2, 0.25) is 0 Å². The van der Waals surface area contributed by atoms with Crippen molar-refractivity contribution < 1.29 is 14.6 Å². The minimum atomic E-state index is -0.840. The first-order valence-corrected chi connectivity index (χ1v) is 5.01. The number of hydrogen-bond acceptors (Lipinski definition) is 4. The summed E-state index contributed by atoms with van der Waals surface area (Å²) >= 11 is 0. The lowest BCUT2D eigenvalue weighted by molar-refractivity contribution is -0.132. The highest BCUT2D eigenvalue weighted by atomic mass is 16.5. The van der Waals surface area contributed by atoms with Crippen molar-refractivity contribution in [1.29, 1.82) is 5.26 Å². The van der Waals surface area contributed by atoms with Crippen LogP contribution in [0.25, 0.3) is 0 Å². The number of nitriles is 1. The number of nitrogens with zero attached hydrogens (tertiary/aromatic N) is 1. The number of rotatable bonds is 5. The van der Waals surface area contributed by atoms with Gasteiger partial charge in [0, 0.05) is 13.7 Å². The fraction of sp³-hybridized carbons (Fsp3) is 0.800. The number of carbonyl (C=O) groups excluding carboxylic acids is 1. The minimum absolute atomic E-state index is 0.135. The van der Waals surface area contributed by atoms with E-state index in [9.17, 15) is 9.90 Å². The zero-order chi connectivity index (χ0) is 11.3.